The zero-order valence-corrected chi connectivity index (χ0v) is 17.6. The Balaban J connectivity index is 1.27. The molecule has 0 atom stereocenters. The summed E-state index contributed by atoms with van der Waals surface area (Å²) in [5.41, 5.74) is 1.81. The highest BCUT2D eigenvalue weighted by Crippen LogP contribution is 2.24. The first-order chi connectivity index (χ1) is 14.7. The highest BCUT2D eigenvalue weighted by molar-refractivity contribution is 6.32. The van der Waals surface area contributed by atoms with Crippen LogP contribution in [-0.4, -0.2) is 63.8 Å². The third kappa shape index (κ3) is 3.66. The highest BCUT2D eigenvalue weighted by atomic mass is 35.5. The molecule has 3 heterocycles. The van der Waals surface area contributed by atoms with Crippen molar-refractivity contribution in [2.45, 2.75) is 6.92 Å². The van der Waals surface area contributed by atoms with Gasteiger partial charge in [0.25, 0.3) is 0 Å². The number of para-hydroxylation sites is 2. The van der Waals surface area contributed by atoms with Crippen molar-refractivity contribution in [1.82, 2.24) is 24.5 Å². The number of aryl methyl sites for hydroxylation is 1. The summed E-state index contributed by atoms with van der Waals surface area (Å²) in [5, 5.41) is 6.28. The van der Waals surface area contributed by atoms with Crippen LogP contribution < -0.4 is 9.64 Å². The first-order valence-electron chi connectivity index (χ1n) is 10.2. The number of aromatic nitrogens is 4. The van der Waals surface area contributed by atoms with Crippen LogP contribution in [0.5, 0.6) is 5.75 Å². The molecule has 0 N–H and O–H groups in total. The first-order valence-corrected chi connectivity index (χ1v) is 10.5. The molecular weight excluding hydrogens is 400 g/mol. The van der Waals surface area contributed by atoms with Crippen molar-refractivity contribution in [3.63, 3.8) is 0 Å². The molecule has 1 fully saturated rings. The number of piperazine rings is 1. The van der Waals surface area contributed by atoms with Gasteiger partial charge in [-0.15, -0.1) is 5.10 Å². The van der Waals surface area contributed by atoms with E-state index in [9.17, 15) is 0 Å². The Morgan fingerprint density at radius 2 is 1.73 bits per heavy atom. The number of halogens is 1. The lowest BCUT2D eigenvalue weighted by Gasteiger charge is -2.35. The molecule has 0 unspecified atom stereocenters. The van der Waals surface area contributed by atoms with Crippen LogP contribution in [-0.2, 0) is 0 Å². The molecule has 4 aromatic rings. The third-order valence-corrected chi connectivity index (χ3v) is 5.74. The molecular formula is C22H23ClN6O. The molecule has 2 aromatic carbocycles. The standard InChI is InChI=1S/C22H23ClN6O/c1-16-24-21-17-6-2-4-8-19(17)25-22(29(21)26-16)28-12-10-27(11-13-28)14-15-30-20-9-5-3-7-18(20)23/h2-9H,10-15H2,1H3. The molecule has 1 aliphatic heterocycles. The van der Waals surface area contributed by atoms with Crippen LogP contribution in [0.3, 0.4) is 0 Å². The molecule has 154 valence electrons. The summed E-state index contributed by atoms with van der Waals surface area (Å²) in [6.45, 7) is 7.04. The molecule has 0 aliphatic carbocycles. The average Bonchev–Trinajstić information content (AvgIpc) is 3.17. The smallest absolute Gasteiger partial charge is 0.229 e. The van der Waals surface area contributed by atoms with Crippen molar-refractivity contribution in [2.75, 3.05) is 44.2 Å². The fourth-order valence-corrected chi connectivity index (χ4v) is 4.06. The molecule has 0 radical (unpaired) electrons. The van der Waals surface area contributed by atoms with Crippen molar-refractivity contribution in [3.05, 3.63) is 59.4 Å². The Bertz CT molecular complexity index is 1180. The Labute approximate surface area is 179 Å². The summed E-state index contributed by atoms with van der Waals surface area (Å²) in [5.74, 6) is 2.35. The van der Waals surface area contributed by atoms with E-state index in [2.05, 4.69) is 19.9 Å². The van der Waals surface area contributed by atoms with E-state index in [4.69, 9.17) is 21.3 Å². The monoisotopic (exact) mass is 422 g/mol. The quantitative estimate of drug-likeness (QED) is 0.491. The predicted molar refractivity (Wildman–Crippen MR) is 119 cm³/mol. The molecule has 0 amide bonds. The second kappa shape index (κ2) is 8.08. The molecule has 1 aliphatic rings. The average molecular weight is 423 g/mol. The second-order valence-corrected chi connectivity index (χ2v) is 7.84. The normalized spacial score (nSPS) is 15.2. The lowest BCUT2D eigenvalue weighted by molar-refractivity contribution is 0.200. The molecule has 2 aromatic heterocycles. The Morgan fingerprint density at radius 3 is 2.57 bits per heavy atom. The third-order valence-electron chi connectivity index (χ3n) is 5.42. The number of nitrogens with zero attached hydrogens (tertiary/aromatic N) is 6. The number of fused-ring (bicyclic) bond motifs is 3. The van der Waals surface area contributed by atoms with Gasteiger partial charge in [-0.1, -0.05) is 35.9 Å². The molecule has 1 saturated heterocycles. The van der Waals surface area contributed by atoms with E-state index >= 15 is 0 Å². The molecule has 5 rings (SSSR count). The van der Waals surface area contributed by atoms with Crippen LogP contribution in [0.1, 0.15) is 5.82 Å². The van der Waals surface area contributed by atoms with Gasteiger partial charge in [-0.25, -0.2) is 9.97 Å². The lowest BCUT2D eigenvalue weighted by Crippen LogP contribution is -2.48. The maximum atomic E-state index is 6.16. The largest absolute Gasteiger partial charge is 0.491 e. The van der Waals surface area contributed by atoms with Crippen LogP contribution in [0.4, 0.5) is 5.95 Å². The fourth-order valence-electron chi connectivity index (χ4n) is 3.87. The summed E-state index contributed by atoms with van der Waals surface area (Å²) in [7, 11) is 0. The van der Waals surface area contributed by atoms with Gasteiger partial charge in [0.2, 0.25) is 5.95 Å². The lowest BCUT2D eigenvalue weighted by atomic mass is 10.2. The molecule has 7 nitrogen and oxygen atoms in total. The van der Waals surface area contributed by atoms with Crippen molar-refractivity contribution >= 4 is 34.1 Å². The Kier molecular flexibility index (Phi) is 5.14. The minimum atomic E-state index is 0.616. The molecule has 8 heteroatoms. The van der Waals surface area contributed by atoms with E-state index in [0.29, 0.717) is 11.6 Å². The summed E-state index contributed by atoms with van der Waals surface area (Å²) >= 11 is 6.16. The van der Waals surface area contributed by atoms with E-state index in [1.807, 2.05) is 60.0 Å². The number of hydrogen-bond acceptors (Lipinski definition) is 6. The van der Waals surface area contributed by atoms with Gasteiger partial charge in [0.05, 0.1) is 10.5 Å². The Hall–Kier alpha value is -2.90. The van der Waals surface area contributed by atoms with Crippen LogP contribution in [0, 0.1) is 6.92 Å². The van der Waals surface area contributed by atoms with Gasteiger partial charge in [0, 0.05) is 38.1 Å². The van der Waals surface area contributed by atoms with Crippen molar-refractivity contribution in [1.29, 1.82) is 0 Å². The van der Waals surface area contributed by atoms with E-state index in [-0.39, 0.29) is 0 Å². The highest BCUT2D eigenvalue weighted by Gasteiger charge is 2.22. The van der Waals surface area contributed by atoms with Crippen LogP contribution in [0.25, 0.3) is 16.6 Å². The van der Waals surface area contributed by atoms with Gasteiger partial charge in [0.15, 0.2) is 5.65 Å². The number of anilines is 1. The van der Waals surface area contributed by atoms with Crippen LogP contribution in [0.2, 0.25) is 5.02 Å². The Morgan fingerprint density at radius 1 is 0.967 bits per heavy atom. The molecule has 0 saturated carbocycles. The van der Waals surface area contributed by atoms with Gasteiger partial charge in [-0.3, -0.25) is 4.90 Å². The molecule has 0 bridgehead atoms. The predicted octanol–water partition coefficient (Wildman–Crippen LogP) is 3.44. The van der Waals surface area contributed by atoms with E-state index in [0.717, 1.165) is 66.8 Å². The van der Waals surface area contributed by atoms with E-state index < -0.39 is 0 Å². The number of hydrogen-bond donors (Lipinski definition) is 0. The summed E-state index contributed by atoms with van der Waals surface area (Å²) in [6, 6.07) is 15.7. The summed E-state index contributed by atoms with van der Waals surface area (Å²) in [6.07, 6.45) is 0. The van der Waals surface area contributed by atoms with Gasteiger partial charge < -0.3 is 9.64 Å². The van der Waals surface area contributed by atoms with Crippen LogP contribution in [0.15, 0.2) is 48.5 Å². The number of rotatable bonds is 5. The SMILES string of the molecule is Cc1nc2c3ccccc3nc(N3CCN(CCOc4ccccc4Cl)CC3)n2n1. The number of ether oxygens (including phenoxy) is 1. The minimum absolute atomic E-state index is 0.616. The molecule has 30 heavy (non-hydrogen) atoms. The zero-order valence-electron chi connectivity index (χ0n) is 16.8. The number of benzene rings is 2. The molecule has 0 spiro atoms. The van der Waals surface area contributed by atoms with Crippen molar-refractivity contribution in [3.8, 4) is 5.75 Å². The topological polar surface area (TPSA) is 58.8 Å². The van der Waals surface area contributed by atoms with Gasteiger partial charge >= 0.3 is 0 Å². The van der Waals surface area contributed by atoms with Gasteiger partial charge in [-0.05, 0) is 31.2 Å². The van der Waals surface area contributed by atoms with Crippen LogP contribution >= 0.6 is 11.6 Å². The summed E-state index contributed by atoms with van der Waals surface area (Å²) in [4.78, 5) is 14.2. The maximum absolute atomic E-state index is 6.16. The van der Waals surface area contributed by atoms with Crippen molar-refractivity contribution < 1.29 is 4.74 Å². The summed E-state index contributed by atoms with van der Waals surface area (Å²) < 4.78 is 7.72. The van der Waals surface area contributed by atoms with Gasteiger partial charge in [-0.2, -0.15) is 4.52 Å². The second-order valence-electron chi connectivity index (χ2n) is 7.43. The minimum Gasteiger partial charge on any atom is -0.491 e. The maximum Gasteiger partial charge on any atom is 0.229 e. The van der Waals surface area contributed by atoms with Gasteiger partial charge in [0.1, 0.15) is 18.2 Å². The van der Waals surface area contributed by atoms with Crippen molar-refractivity contribution in [2.24, 2.45) is 0 Å². The zero-order chi connectivity index (χ0) is 20.5. The van der Waals surface area contributed by atoms with E-state index in [1.54, 1.807) is 0 Å². The fraction of sp³-hybridized carbons (Fsp3) is 0.318. The van der Waals surface area contributed by atoms with E-state index in [1.165, 1.54) is 0 Å². The first kappa shape index (κ1) is 19.1.